The van der Waals surface area contributed by atoms with Crippen molar-refractivity contribution in [2.45, 2.75) is 51.6 Å². The first-order valence-electron chi connectivity index (χ1n) is 5.29. The number of carbonyl (C=O) groups is 1. The molecule has 1 rings (SSSR count). The summed E-state index contributed by atoms with van der Waals surface area (Å²) in [6, 6.07) is 2.06. The molecule has 0 aromatic carbocycles. The average Bonchev–Trinajstić information content (AvgIpc) is 2.56. The highest BCUT2D eigenvalue weighted by molar-refractivity contribution is 5.87. The van der Waals surface area contributed by atoms with Gasteiger partial charge in [-0.25, -0.2) is 0 Å². The summed E-state index contributed by atoms with van der Waals surface area (Å²) in [5.74, 6) is 0.485. The molecule has 3 heteroatoms. The Kier molecular flexibility index (Phi) is 3.28. The molecule has 1 fully saturated rings. The standard InChI is InChI=1S/C11H18N2O/c1-4-9-6-10(7-12)13-11(9,5-2)8(3)14/h9-10,13H,4-6H2,1-3H3. The zero-order valence-electron chi connectivity index (χ0n) is 9.13. The van der Waals surface area contributed by atoms with E-state index in [1.165, 1.54) is 0 Å². The van der Waals surface area contributed by atoms with Crippen molar-refractivity contribution >= 4 is 5.78 Å². The second-order valence-electron chi connectivity index (χ2n) is 4.05. The van der Waals surface area contributed by atoms with Crippen molar-refractivity contribution in [3.05, 3.63) is 0 Å². The van der Waals surface area contributed by atoms with Crippen LogP contribution in [0.3, 0.4) is 0 Å². The smallest absolute Gasteiger partial charge is 0.150 e. The number of hydrogen-bond donors (Lipinski definition) is 1. The van der Waals surface area contributed by atoms with E-state index in [0.717, 1.165) is 19.3 Å². The molecule has 78 valence electrons. The minimum absolute atomic E-state index is 0.149. The highest BCUT2D eigenvalue weighted by atomic mass is 16.1. The van der Waals surface area contributed by atoms with Crippen LogP contribution >= 0.6 is 0 Å². The fourth-order valence-corrected chi connectivity index (χ4v) is 2.60. The van der Waals surface area contributed by atoms with Crippen LogP contribution in [-0.4, -0.2) is 17.4 Å². The van der Waals surface area contributed by atoms with Gasteiger partial charge in [-0.3, -0.25) is 10.1 Å². The van der Waals surface area contributed by atoms with E-state index in [1.807, 2.05) is 6.92 Å². The van der Waals surface area contributed by atoms with Crippen LogP contribution < -0.4 is 5.32 Å². The van der Waals surface area contributed by atoms with Gasteiger partial charge in [0.2, 0.25) is 0 Å². The van der Waals surface area contributed by atoms with Gasteiger partial charge in [0, 0.05) is 0 Å². The van der Waals surface area contributed by atoms with Gasteiger partial charge in [-0.1, -0.05) is 20.3 Å². The lowest BCUT2D eigenvalue weighted by Gasteiger charge is -2.31. The monoisotopic (exact) mass is 194 g/mol. The summed E-state index contributed by atoms with van der Waals surface area (Å²) in [6.07, 6.45) is 2.54. The molecule has 3 atom stereocenters. The molecular weight excluding hydrogens is 176 g/mol. The average molecular weight is 194 g/mol. The van der Waals surface area contributed by atoms with Crippen molar-refractivity contribution < 1.29 is 4.79 Å². The van der Waals surface area contributed by atoms with Crippen LogP contribution in [0, 0.1) is 17.2 Å². The Bertz CT molecular complexity index is 269. The maximum atomic E-state index is 11.7. The van der Waals surface area contributed by atoms with Gasteiger partial charge in [-0.2, -0.15) is 5.26 Å². The van der Waals surface area contributed by atoms with E-state index < -0.39 is 5.54 Å². The maximum absolute atomic E-state index is 11.7. The summed E-state index contributed by atoms with van der Waals surface area (Å²) < 4.78 is 0. The van der Waals surface area contributed by atoms with Crippen LogP contribution in [0.4, 0.5) is 0 Å². The fourth-order valence-electron chi connectivity index (χ4n) is 2.60. The van der Waals surface area contributed by atoms with E-state index in [0.29, 0.717) is 5.92 Å². The molecule has 0 aromatic heterocycles. The van der Waals surface area contributed by atoms with E-state index in [4.69, 9.17) is 5.26 Å². The molecule has 3 nitrogen and oxygen atoms in total. The number of nitrogens with one attached hydrogen (secondary N) is 1. The molecular formula is C11H18N2O. The number of carbonyl (C=O) groups excluding carboxylic acids is 1. The Labute approximate surface area is 85.5 Å². The lowest BCUT2D eigenvalue weighted by molar-refractivity contribution is -0.124. The molecule has 1 aliphatic heterocycles. The molecule has 1 aliphatic rings. The third-order valence-corrected chi connectivity index (χ3v) is 3.48. The van der Waals surface area contributed by atoms with Crippen LogP contribution in [0.2, 0.25) is 0 Å². The Morgan fingerprint density at radius 2 is 2.29 bits per heavy atom. The first-order valence-corrected chi connectivity index (χ1v) is 5.29. The summed E-state index contributed by atoms with van der Waals surface area (Å²) in [7, 11) is 0. The van der Waals surface area contributed by atoms with Gasteiger partial charge in [0.15, 0.2) is 0 Å². The summed E-state index contributed by atoms with van der Waals surface area (Å²) in [5, 5.41) is 12.1. The van der Waals surface area contributed by atoms with E-state index in [2.05, 4.69) is 18.3 Å². The summed E-state index contributed by atoms with van der Waals surface area (Å²) in [4.78, 5) is 11.7. The van der Waals surface area contributed by atoms with Crippen molar-refractivity contribution in [1.29, 1.82) is 5.26 Å². The lowest BCUT2D eigenvalue weighted by atomic mass is 9.78. The second-order valence-corrected chi connectivity index (χ2v) is 4.05. The number of nitriles is 1. The van der Waals surface area contributed by atoms with Gasteiger partial charge in [-0.05, 0) is 25.7 Å². The zero-order valence-corrected chi connectivity index (χ0v) is 9.13. The second kappa shape index (κ2) is 4.10. The first-order chi connectivity index (χ1) is 6.60. The highest BCUT2D eigenvalue weighted by Gasteiger charge is 2.48. The molecule has 0 bridgehead atoms. The third-order valence-electron chi connectivity index (χ3n) is 3.48. The first kappa shape index (κ1) is 11.2. The largest absolute Gasteiger partial charge is 0.298 e. The number of ketones is 1. The molecule has 1 heterocycles. The Morgan fingerprint density at radius 3 is 2.57 bits per heavy atom. The van der Waals surface area contributed by atoms with Crippen LogP contribution in [0.25, 0.3) is 0 Å². The molecule has 0 aromatic rings. The zero-order chi connectivity index (χ0) is 10.8. The van der Waals surface area contributed by atoms with Gasteiger partial charge in [0.25, 0.3) is 0 Å². The van der Waals surface area contributed by atoms with Crippen molar-refractivity contribution in [3.63, 3.8) is 0 Å². The van der Waals surface area contributed by atoms with Crippen LogP contribution in [-0.2, 0) is 4.79 Å². The Morgan fingerprint density at radius 1 is 1.64 bits per heavy atom. The lowest BCUT2D eigenvalue weighted by Crippen LogP contribution is -2.51. The fraction of sp³-hybridized carbons (Fsp3) is 0.818. The Balaban J connectivity index is 2.95. The number of Topliss-reactive ketones (excluding diaryl/α,β-unsaturated/α-hetero) is 1. The van der Waals surface area contributed by atoms with Gasteiger partial charge in [-0.15, -0.1) is 0 Å². The Hall–Kier alpha value is -0.880. The minimum atomic E-state index is -0.435. The van der Waals surface area contributed by atoms with Gasteiger partial charge >= 0.3 is 0 Å². The molecule has 0 spiro atoms. The highest BCUT2D eigenvalue weighted by Crippen LogP contribution is 2.35. The third kappa shape index (κ3) is 1.55. The topological polar surface area (TPSA) is 52.9 Å². The van der Waals surface area contributed by atoms with E-state index in [-0.39, 0.29) is 11.8 Å². The predicted octanol–water partition coefficient (Wildman–Crippen LogP) is 1.64. The predicted molar refractivity (Wildman–Crippen MR) is 54.6 cm³/mol. The molecule has 0 amide bonds. The molecule has 0 radical (unpaired) electrons. The SMILES string of the molecule is CCC1CC(C#N)NC1(CC)C(C)=O. The van der Waals surface area contributed by atoms with Gasteiger partial charge in [0.1, 0.15) is 5.78 Å². The maximum Gasteiger partial charge on any atom is 0.150 e. The molecule has 14 heavy (non-hydrogen) atoms. The van der Waals surface area contributed by atoms with Crippen LogP contribution in [0.1, 0.15) is 40.0 Å². The van der Waals surface area contributed by atoms with E-state index in [1.54, 1.807) is 6.92 Å². The van der Waals surface area contributed by atoms with E-state index in [9.17, 15) is 4.79 Å². The summed E-state index contributed by atoms with van der Waals surface area (Å²) in [6.45, 7) is 5.72. The van der Waals surface area contributed by atoms with Crippen molar-refractivity contribution in [2.75, 3.05) is 0 Å². The van der Waals surface area contributed by atoms with Crippen LogP contribution in [0.5, 0.6) is 0 Å². The van der Waals surface area contributed by atoms with Crippen molar-refractivity contribution in [3.8, 4) is 6.07 Å². The van der Waals surface area contributed by atoms with Gasteiger partial charge < -0.3 is 0 Å². The molecule has 0 aliphatic carbocycles. The van der Waals surface area contributed by atoms with Crippen molar-refractivity contribution in [1.82, 2.24) is 5.32 Å². The van der Waals surface area contributed by atoms with E-state index >= 15 is 0 Å². The van der Waals surface area contributed by atoms with Gasteiger partial charge in [0.05, 0.1) is 17.6 Å². The molecule has 3 unspecified atom stereocenters. The molecule has 1 N–H and O–H groups in total. The number of rotatable bonds is 3. The molecule has 1 saturated heterocycles. The summed E-state index contributed by atoms with van der Waals surface area (Å²) >= 11 is 0. The normalized spacial score (nSPS) is 36.7. The summed E-state index contributed by atoms with van der Waals surface area (Å²) in [5.41, 5.74) is -0.435. The van der Waals surface area contributed by atoms with Crippen molar-refractivity contribution in [2.24, 2.45) is 5.92 Å². The minimum Gasteiger partial charge on any atom is -0.298 e. The number of hydrogen-bond acceptors (Lipinski definition) is 3. The molecule has 0 saturated carbocycles. The number of nitrogens with zero attached hydrogens (tertiary/aromatic N) is 1. The quantitative estimate of drug-likeness (QED) is 0.743. The van der Waals surface area contributed by atoms with Crippen LogP contribution in [0.15, 0.2) is 0 Å².